The number of hydrogen-bond donors (Lipinski definition) is 1. The molecule has 2 aromatic rings. The molecule has 2 aromatic carbocycles. The van der Waals surface area contributed by atoms with Gasteiger partial charge in [-0.1, -0.05) is 92.6 Å². The van der Waals surface area contributed by atoms with E-state index in [1.54, 1.807) is 0 Å². The van der Waals surface area contributed by atoms with E-state index in [1.165, 1.54) is 12.0 Å². The molecule has 0 fully saturated rings. The van der Waals surface area contributed by atoms with E-state index in [4.69, 9.17) is 9.90 Å². The van der Waals surface area contributed by atoms with Gasteiger partial charge in [-0.3, -0.25) is 4.79 Å². The van der Waals surface area contributed by atoms with Crippen LogP contribution in [-0.4, -0.2) is 11.1 Å². The van der Waals surface area contributed by atoms with Gasteiger partial charge in [0.15, 0.2) is 0 Å². The molecule has 21 heavy (non-hydrogen) atoms. The summed E-state index contributed by atoms with van der Waals surface area (Å²) in [7, 11) is 0. The summed E-state index contributed by atoms with van der Waals surface area (Å²) in [6, 6.07) is 22.3. The molecule has 2 nitrogen and oxygen atoms in total. The second-order valence-corrected chi connectivity index (χ2v) is 4.04. The Morgan fingerprint density at radius 2 is 1.05 bits per heavy atom. The van der Waals surface area contributed by atoms with Gasteiger partial charge in [0.25, 0.3) is 5.97 Å². The number of rotatable bonds is 0. The van der Waals surface area contributed by atoms with Crippen molar-refractivity contribution in [3.05, 3.63) is 72.3 Å². The Labute approximate surface area is 141 Å². The predicted octanol–water partition coefficient (Wildman–Crippen LogP) is 5.19. The molecule has 0 aromatic heterocycles. The van der Waals surface area contributed by atoms with E-state index in [-0.39, 0.29) is 18.6 Å². The van der Waals surface area contributed by atoms with Crippen molar-refractivity contribution in [1.29, 1.82) is 0 Å². The Morgan fingerprint density at radius 3 is 1.19 bits per heavy atom. The molecular weight excluding hydrogens is 299 g/mol. The predicted molar refractivity (Wildman–Crippen MR) is 86.9 cm³/mol. The summed E-state index contributed by atoms with van der Waals surface area (Å²) in [5.41, 5.74) is 1.32. The van der Waals surface area contributed by atoms with Crippen molar-refractivity contribution in [2.45, 2.75) is 34.1 Å². The van der Waals surface area contributed by atoms with Gasteiger partial charge in [0.05, 0.1) is 0 Å². The summed E-state index contributed by atoms with van der Waals surface area (Å²) in [5, 5.41) is 7.42. The van der Waals surface area contributed by atoms with E-state index in [2.05, 4.69) is 32.9 Å². The molecular formula is C18H26O2V. The third-order valence-electron chi connectivity index (χ3n) is 1.61. The Kier molecular flexibility index (Phi) is 24.3. The Morgan fingerprint density at radius 1 is 0.857 bits per heavy atom. The van der Waals surface area contributed by atoms with Gasteiger partial charge in [-0.2, -0.15) is 0 Å². The fourth-order valence-corrected chi connectivity index (χ4v) is 0.919. The van der Waals surface area contributed by atoms with Crippen molar-refractivity contribution < 1.29 is 28.5 Å². The maximum atomic E-state index is 9.00. The molecule has 0 bridgehead atoms. The van der Waals surface area contributed by atoms with Crippen molar-refractivity contribution in [3.8, 4) is 0 Å². The van der Waals surface area contributed by atoms with Gasteiger partial charge in [0.1, 0.15) is 0 Å². The first-order chi connectivity index (χ1) is 9.54. The normalized spacial score (nSPS) is 7.24. The zero-order valence-electron chi connectivity index (χ0n) is 13.4. The van der Waals surface area contributed by atoms with Crippen LogP contribution in [0.15, 0.2) is 66.7 Å². The maximum Gasteiger partial charge on any atom is 0.300 e. The second kappa shape index (κ2) is 20.8. The summed E-state index contributed by atoms with van der Waals surface area (Å²) in [6.07, 6.45) is 1.25. The molecule has 0 aliphatic rings. The van der Waals surface area contributed by atoms with Crippen LogP contribution >= 0.6 is 0 Å². The van der Waals surface area contributed by atoms with E-state index in [0.29, 0.717) is 0 Å². The van der Waals surface area contributed by atoms with Crippen molar-refractivity contribution in [1.82, 2.24) is 0 Å². The van der Waals surface area contributed by atoms with Crippen molar-refractivity contribution >= 4 is 5.97 Å². The third kappa shape index (κ3) is 32.2. The number of aryl methyl sites for hydroxylation is 1. The van der Waals surface area contributed by atoms with Gasteiger partial charge in [-0.15, -0.1) is 0 Å². The standard InChI is InChI=1S/C7H8.C6H6.C3H8.C2H4O2.V/c1-7-5-3-2-4-6-7;1-2-4-6-5-3-1;1-3-2;1-2(3)4;/h2-6H,1H3;1-6H;3H2,1-2H3;1H3,(H,3,4);. The van der Waals surface area contributed by atoms with E-state index in [0.717, 1.165) is 6.92 Å². The topological polar surface area (TPSA) is 37.3 Å². The molecule has 3 heteroatoms. The Bertz CT molecular complexity index is 371. The number of hydrogen-bond acceptors (Lipinski definition) is 1. The first kappa shape index (κ1) is 24.5. The molecule has 0 aliphatic carbocycles. The van der Waals surface area contributed by atoms with Crippen LogP contribution in [0, 0.1) is 6.92 Å². The van der Waals surface area contributed by atoms with Gasteiger partial charge in [0, 0.05) is 25.5 Å². The van der Waals surface area contributed by atoms with Gasteiger partial charge >= 0.3 is 0 Å². The molecule has 0 saturated heterocycles. The molecule has 115 valence electrons. The maximum absolute atomic E-state index is 9.00. The van der Waals surface area contributed by atoms with Crippen molar-refractivity contribution in [2.24, 2.45) is 0 Å². The van der Waals surface area contributed by atoms with Crippen LogP contribution in [0.2, 0.25) is 0 Å². The molecule has 2 rings (SSSR count). The van der Waals surface area contributed by atoms with Crippen LogP contribution in [0.1, 0.15) is 32.8 Å². The molecule has 0 atom stereocenters. The fourth-order valence-electron chi connectivity index (χ4n) is 0.919. The SMILES string of the molecule is CC(=O)O.CCC.Cc1ccccc1.[V].c1ccccc1. The summed E-state index contributed by atoms with van der Waals surface area (Å²) in [6.45, 7) is 7.42. The molecule has 0 amide bonds. The summed E-state index contributed by atoms with van der Waals surface area (Å²) < 4.78 is 0. The molecule has 0 heterocycles. The van der Waals surface area contributed by atoms with Crippen LogP contribution < -0.4 is 0 Å². The Hall–Kier alpha value is -1.51. The number of carboxylic acid groups (broad SMARTS) is 1. The van der Waals surface area contributed by atoms with E-state index < -0.39 is 5.97 Å². The van der Waals surface area contributed by atoms with Crippen LogP contribution in [0.4, 0.5) is 0 Å². The molecule has 1 N–H and O–H groups in total. The second-order valence-electron chi connectivity index (χ2n) is 4.04. The first-order valence-corrected chi connectivity index (χ1v) is 6.75. The largest absolute Gasteiger partial charge is 0.481 e. The van der Waals surface area contributed by atoms with Crippen LogP contribution in [-0.2, 0) is 23.4 Å². The summed E-state index contributed by atoms with van der Waals surface area (Å²) in [5.74, 6) is -0.833. The quantitative estimate of drug-likeness (QED) is 0.724. The number of benzene rings is 2. The average Bonchev–Trinajstić information content (AvgIpc) is 2.42. The minimum absolute atomic E-state index is 0. The van der Waals surface area contributed by atoms with E-state index in [9.17, 15) is 0 Å². The first-order valence-electron chi connectivity index (χ1n) is 6.75. The zero-order valence-corrected chi connectivity index (χ0v) is 14.8. The van der Waals surface area contributed by atoms with Crippen molar-refractivity contribution in [2.75, 3.05) is 0 Å². The van der Waals surface area contributed by atoms with Crippen LogP contribution in [0.5, 0.6) is 0 Å². The van der Waals surface area contributed by atoms with Crippen LogP contribution in [0.3, 0.4) is 0 Å². The molecule has 0 saturated carbocycles. The number of aliphatic carboxylic acids is 1. The van der Waals surface area contributed by atoms with Gasteiger partial charge in [0.2, 0.25) is 0 Å². The fraction of sp³-hybridized carbons (Fsp3) is 0.278. The summed E-state index contributed by atoms with van der Waals surface area (Å²) >= 11 is 0. The third-order valence-corrected chi connectivity index (χ3v) is 1.61. The molecule has 0 unspecified atom stereocenters. The minimum Gasteiger partial charge on any atom is -0.481 e. The molecule has 0 spiro atoms. The van der Waals surface area contributed by atoms with E-state index in [1.807, 2.05) is 54.6 Å². The monoisotopic (exact) mass is 325 g/mol. The van der Waals surface area contributed by atoms with Gasteiger partial charge in [-0.05, 0) is 6.92 Å². The number of carbonyl (C=O) groups is 1. The average molecular weight is 325 g/mol. The van der Waals surface area contributed by atoms with Gasteiger partial charge < -0.3 is 5.11 Å². The van der Waals surface area contributed by atoms with Crippen molar-refractivity contribution in [3.63, 3.8) is 0 Å². The zero-order chi connectivity index (χ0) is 15.6. The smallest absolute Gasteiger partial charge is 0.300 e. The summed E-state index contributed by atoms with van der Waals surface area (Å²) in [4.78, 5) is 9.00. The number of carboxylic acids is 1. The minimum atomic E-state index is -0.833. The van der Waals surface area contributed by atoms with E-state index >= 15 is 0 Å². The molecule has 0 aliphatic heterocycles. The van der Waals surface area contributed by atoms with Gasteiger partial charge in [-0.25, -0.2) is 0 Å². The Balaban J connectivity index is -0.000000214. The molecule has 1 radical (unpaired) electrons. The van der Waals surface area contributed by atoms with Crippen LogP contribution in [0.25, 0.3) is 0 Å².